The first-order valence-corrected chi connectivity index (χ1v) is 8.32. The molecule has 1 aromatic rings. The molecule has 0 aliphatic carbocycles. The Kier molecular flexibility index (Phi) is 4.60. The van der Waals surface area contributed by atoms with E-state index in [0.717, 1.165) is 32.0 Å². The number of nitrogens with zero attached hydrogens (tertiary/aromatic N) is 1. The zero-order valence-electron chi connectivity index (χ0n) is 10.6. The van der Waals surface area contributed by atoms with Crippen molar-refractivity contribution in [2.45, 2.75) is 23.8 Å². The van der Waals surface area contributed by atoms with Gasteiger partial charge in [-0.1, -0.05) is 15.9 Å². The third-order valence-electron chi connectivity index (χ3n) is 3.22. The van der Waals surface area contributed by atoms with Crippen LogP contribution in [0.25, 0.3) is 0 Å². The lowest BCUT2D eigenvalue weighted by Gasteiger charge is -2.29. The minimum atomic E-state index is -3.79. The van der Waals surface area contributed by atoms with Gasteiger partial charge in [-0.25, -0.2) is 17.5 Å². The van der Waals surface area contributed by atoms with Crippen LogP contribution in [0, 0.1) is 5.82 Å². The monoisotopic (exact) mass is 350 g/mol. The molecule has 1 saturated heterocycles. The molecule has 1 aliphatic heterocycles. The molecule has 7 heteroatoms. The highest BCUT2D eigenvalue weighted by atomic mass is 79.9. The van der Waals surface area contributed by atoms with Crippen LogP contribution in [0.4, 0.5) is 4.39 Å². The first-order chi connectivity index (χ1) is 8.88. The molecule has 0 radical (unpaired) electrons. The van der Waals surface area contributed by atoms with E-state index in [2.05, 4.69) is 25.6 Å². The van der Waals surface area contributed by atoms with E-state index in [1.54, 1.807) is 0 Å². The Morgan fingerprint density at radius 1 is 1.37 bits per heavy atom. The Morgan fingerprint density at radius 3 is 2.58 bits per heavy atom. The summed E-state index contributed by atoms with van der Waals surface area (Å²) in [6.07, 6.45) is 1.49. The van der Waals surface area contributed by atoms with E-state index in [1.165, 1.54) is 12.1 Å². The number of likely N-dealkylation sites (tertiary alicyclic amines) is 1. The Balaban J connectivity index is 2.14. The lowest BCUT2D eigenvalue weighted by molar-refractivity contribution is 0.248. The van der Waals surface area contributed by atoms with Gasteiger partial charge in [0.2, 0.25) is 10.0 Å². The van der Waals surface area contributed by atoms with E-state index in [0.29, 0.717) is 4.47 Å². The Hall–Kier alpha value is -0.500. The topological polar surface area (TPSA) is 49.4 Å². The molecule has 1 aromatic carbocycles. The van der Waals surface area contributed by atoms with Crippen LogP contribution in [0.5, 0.6) is 0 Å². The van der Waals surface area contributed by atoms with Crippen molar-refractivity contribution in [3.8, 4) is 0 Å². The summed E-state index contributed by atoms with van der Waals surface area (Å²) >= 11 is 3.11. The van der Waals surface area contributed by atoms with Gasteiger partial charge in [0.05, 0.1) is 0 Å². The summed E-state index contributed by atoms with van der Waals surface area (Å²) < 4.78 is 41.1. The molecule has 1 heterocycles. The van der Waals surface area contributed by atoms with Crippen molar-refractivity contribution in [1.82, 2.24) is 9.62 Å². The first-order valence-electron chi connectivity index (χ1n) is 6.04. The van der Waals surface area contributed by atoms with Crippen molar-refractivity contribution < 1.29 is 12.8 Å². The standard InChI is InChI=1S/C12H16BrFN2O2S/c1-16-6-4-10(5-7-16)15-19(17,18)12-3-2-9(13)8-11(12)14/h2-3,8,10,15H,4-7H2,1H3. The van der Waals surface area contributed by atoms with Crippen molar-refractivity contribution in [3.05, 3.63) is 28.5 Å². The van der Waals surface area contributed by atoms with E-state index in [9.17, 15) is 12.8 Å². The van der Waals surface area contributed by atoms with Crippen molar-refractivity contribution in [2.75, 3.05) is 20.1 Å². The van der Waals surface area contributed by atoms with Gasteiger partial charge in [0.15, 0.2) is 0 Å². The predicted molar refractivity (Wildman–Crippen MR) is 74.9 cm³/mol. The van der Waals surface area contributed by atoms with Crippen molar-refractivity contribution in [2.24, 2.45) is 0 Å². The summed E-state index contributed by atoms with van der Waals surface area (Å²) in [5.41, 5.74) is 0. The smallest absolute Gasteiger partial charge is 0.243 e. The number of piperidine rings is 1. The van der Waals surface area contributed by atoms with Gasteiger partial charge in [0.25, 0.3) is 0 Å². The van der Waals surface area contributed by atoms with E-state index in [-0.39, 0.29) is 10.9 Å². The molecule has 0 unspecified atom stereocenters. The van der Waals surface area contributed by atoms with Crippen LogP contribution in [0.2, 0.25) is 0 Å². The SMILES string of the molecule is CN1CCC(NS(=O)(=O)c2ccc(Br)cc2F)CC1. The summed E-state index contributed by atoms with van der Waals surface area (Å²) in [6.45, 7) is 1.69. The fourth-order valence-corrected chi connectivity index (χ4v) is 3.80. The lowest BCUT2D eigenvalue weighted by Crippen LogP contribution is -2.43. The maximum Gasteiger partial charge on any atom is 0.243 e. The Bertz CT molecular complexity index is 557. The van der Waals surface area contributed by atoms with Gasteiger partial charge < -0.3 is 4.90 Å². The predicted octanol–water partition coefficient (Wildman–Crippen LogP) is 1.96. The first kappa shape index (κ1) is 14.9. The maximum atomic E-state index is 13.7. The molecule has 106 valence electrons. The summed E-state index contributed by atoms with van der Waals surface area (Å²) in [5, 5.41) is 0. The molecule has 1 fully saturated rings. The third kappa shape index (κ3) is 3.75. The summed E-state index contributed by atoms with van der Waals surface area (Å²) in [5.74, 6) is -0.741. The summed E-state index contributed by atoms with van der Waals surface area (Å²) in [4.78, 5) is 1.85. The third-order valence-corrected chi connectivity index (χ3v) is 5.27. The minimum absolute atomic E-state index is 0.121. The molecule has 0 saturated carbocycles. The second-order valence-corrected chi connectivity index (χ2v) is 7.37. The highest BCUT2D eigenvalue weighted by Crippen LogP contribution is 2.20. The highest BCUT2D eigenvalue weighted by Gasteiger charge is 2.25. The summed E-state index contributed by atoms with van der Waals surface area (Å²) in [7, 11) is -1.79. The number of hydrogen-bond acceptors (Lipinski definition) is 3. The van der Waals surface area contributed by atoms with Crippen molar-refractivity contribution >= 4 is 26.0 Å². The molecule has 0 aromatic heterocycles. The number of benzene rings is 1. The summed E-state index contributed by atoms with van der Waals surface area (Å²) in [6, 6.07) is 3.83. The van der Waals surface area contributed by atoms with E-state index < -0.39 is 15.8 Å². The number of rotatable bonds is 3. The van der Waals surface area contributed by atoms with Crippen LogP contribution >= 0.6 is 15.9 Å². The second kappa shape index (κ2) is 5.87. The van der Waals surface area contributed by atoms with Gasteiger partial charge in [-0.05, 0) is 51.2 Å². The highest BCUT2D eigenvalue weighted by molar-refractivity contribution is 9.10. The van der Waals surface area contributed by atoms with Crippen LogP contribution in [-0.4, -0.2) is 39.5 Å². The van der Waals surface area contributed by atoms with Crippen LogP contribution in [0.3, 0.4) is 0 Å². The molecular weight excluding hydrogens is 335 g/mol. The molecule has 19 heavy (non-hydrogen) atoms. The van der Waals surface area contributed by atoms with Crippen LogP contribution in [0.15, 0.2) is 27.6 Å². The average molecular weight is 351 g/mol. The minimum Gasteiger partial charge on any atom is -0.306 e. The Labute approximate surface area is 121 Å². The zero-order valence-corrected chi connectivity index (χ0v) is 13.0. The molecule has 2 rings (SSSR count). The molecule has 0 amide bonds. The number of hydrogen-bond donors (Lipinski definition) is 1. The van der Waals surface area contributed by atoms with Crippen LogP contribution in [0.1, 0.15) is 12.8 Å². The van der Waals surface area contributed by atoms with Crippen molar-refractivity contribution in [1.29, 1.82) is 0 Å². The second-order valence-electron chi connectivity index (χ2n) is 4.77. The molecule has 1 aliphatic rings. The normalized spacial score (nSPS) is 18.7. The maximum absolute atomic E-state index is 13.7. The van der Waals surface area contributed by atoms with E-state index in [1.807, 2.05) is 7.05 Å². The van der Waals surface area contributed by atoms with Crippen LogP contribution < -0.4 is 4.72 Å². The molecule has 1 N–H and O–H groups in total. The van der Waals surface area contributed by atoms with Gasteiger partial charge >= 0.3 is 0 Å². The van der Waals surface area contributed by atoms with Gasteiger partial charge in [0, 0.05) is 10.5 Å². The van der Waals surface area contributed by atoms with Gasteiger partial charge in [-0.2, -0.15) is 0 Å². The molecule has 0 bridgehead atoms. The van der Waals surface area contributed by atoms with E-state index in [4.69, 9.17) is 0 Å². The number of nitrogens with one attached hydrogen (secondary N) is 1. The van der Waals surface area contributed by atoms with Gasteiger partial charge in [-0.15, -0.1) is 0 Å². The van der Waals surface area contributed by atoms with E-state index >= 15 is 0 Å². The van der Waals surface area contributed by atoms with Gasteiger partial charge in [0.1, 0.15) is 10.7 Å². The van der Waals surface area contributed by atoms with Crippen LogP contribution in [-0.2, 0) is 10.0 Å². The quantitative estimate of drug-likeness (QED) is 0.906. The fraction of sp³-hybridized carbons (Fsp3) is 0.500. The molecule has 0 atom stereocenters. The fourth-order valence-electron chi connectivity index (χ4n) is 2.10. The van der Waals surface area contributed by atoms with Gasteiger partial charge in [-0.3, -0.25) is 0 Å². The van der Waals surface area contributed by atoms with Crippen molar-refractivity contribution in [3.63, 3.8) is 0 Å². The average Bonchev–Trinajstić information content (AvgIpc) is 2.31. The number of sulfonamides is 1. The zero-order chi connectivity index (χ0) is 14.0. The Morgan fingerprint density at radius 2 is 2.00 bits per heavy atom. The molecule has 0 spiro atoms. The molecular formula is C12H16BrFN2O2S. The number of halogens is 2. The molecule has 4 nitrogen and oxygen atoms in total. The lowest BCUT2D eigenvalue weighted by atomic mass is 10.1. The largest absolute Gasteiger partial charge is 0.306 e.